The summed E-state index contributed by atoms with van der Waals surface area (Å²) < 4.78 is 1.29. The Morgan fingerprint density at radius 3 is 2.89 bits per heavy atom. The van der Waals surface area contributed by atoms with Gasteiger partial charge in [-0.25, -0.2) is 4.79 Å². The molecule has 6 heteroatoms. The molecule has 0 amide bonds. The largest absolute Gasteiger partial charge is 0.329 e. The van der Waals surface area contributed by atoms with Gasteiger partial charge in [0.05, 0.1) is 16.9 Å². The normalized spacial score (nSPS) is 19.5. The second kappa shape index (κ2) is 4.26. The molecule has 2 heterocycles. The number of benzene rings is 1. The lowest BCUT2D eigenvalue weighted by Gasteiger charge is -2.12. The molecule has 2 aromatic rings. The minimum Gasteiger partial charge on any atom is -0.315 e. The lowest BCUT2D eigenvalue weighted by Crippen LogP contribution is -2.38. The van der Waals surface area contributed by atoms with Gasteiger partial charge in [0.25, 0.3) is 5.56 Å². The zero-order valence-electron chi connectivity index (χ0n) is 9.57. The number of hydrogen-bond acceptors (Lipinski definition) is 3. The van der Waals surface area contributed by atoms with E-state index in [0.29, 0.717) is 22.5 Å². The average Bonchev–Trinajstić information content (AvgIpc) is 2.84. The maximum atomic E-state index is 12.3. The number of H-pyrrole nitrogens is 1. The fourth-order valence-corrected chi connectivity index (χ4v) is 2.56. The lowest BCUT2D eigenvalue weighted by atomic mass is 10.2. The first-order valence-corrected chi connectivity index (χ1v) is 6.19. The van der Waals surface area contributed by atoms with Crippen LogP contribution in [0.15, 0.2) is 27.8 Å². The van der Waals surface area contributed by atoms with Crippen molar-refractivity contribution in [3.63, 3.8) is 0 Å². The van der Waals surface area contributed by atoms with Gasteiger partial charge in [-0.05, 0) is 31.2 Å². The molecule has 2 N–H and O–H groups in total. The summed E-state index contributed by atoms with van der Waals surface area (Å²) in [6.07, 6.45) is 0.787. The number of aromatic nitrogens is 2. The van der Waals surface area contributed by atoms with Crippen molar-refractivity contribution >= 4 is 22.5 Å². The van der Waals surface area contributed by atoms with Crippen LogP contribution < -0.4 is 16.6 Å². The zero-order valence-corrected chi connectivity index (χ0v) is 10.3. The summed E-state index contributed by atoms with van der Waals surface area (Å²) in [5.74, 6) is 0. The van der Waals surface area contributed by atoms with E-state index in [1.54, 1.807) is 18.2 Å². The predicted molar refractivity (Wildman–Crippen MR) is 70.4 cm³/mol. The molecule has 1 fully saturated rings. The molecule has 1 aromatic carbocycles. The van der Waals surface area contributed by atoms with Crippen LogP contribution in [0.25, 0.3) is 10.9 Å². The van der Waals surface area contributed by atoms with E-state index in [-0.39, 0.29) is 17.3 Å². The number of fused-ring (bicyclic) bond motifs is 1. The standard InChI is InChI=1S/C12H12ClN3O2/c13-7-1-2-10-9(5-7)11(17)16(12(18)15-10)8-3-4-14-6-8/h1-2,5,8,14H,3-4,6H2,(H,15,18). The third-order valence-electron chi connectivity index (χ3n) is 3.29. The Labute approximate surface area is 107 Å². The Hall–Kier alpha value is -1.59. The van der Waals surface area contributed by atoms with E-state index in [1.165, 1.54) is 4.57 Å². The molecule has 0 spiro atoms. The molecule has 0 aliphatic carbocycles. The molecule has 5 nitrogen and oxygen atoms in total. The zero-order chi connectivity index (χ0) is 12.7. The molecule has 0 saturated carbocycles. The van der Waals surface area contributed by atoms with Gasteiger partial charge in [-0.1, -0.05) is 11.6 Å². The molecule has 94 valence electrons. The van der Waals surface area contributed by atoms with Crippen LogP contribution in [0.5, 0.6) is 0 Å². The third kappa shape index (κ3) is 1.76. The first kappa shape index (κ1) is 11.5. The number of nitrogens with zero attached hydrogens (tertiary/aromatic N) is 1. The van der Waals surface area contributed by atoms with E-state index in [9.17, 15) is 9.59 Å². The van der Waals surface area contributed by atoms with E-state index in [2.05, 4.69) is 10.3 Å². The molecule has 3 rings (SSSR count). The maximum absolute atomic E-state index is 12.3. The van der Waals surface area contributed by atoms with Crippen molar-refractivity contribution in [3.05, 3.63) is 44.1 Å². The SMILES string of the molecule is O=c1[nH]c2ccc(Cl)cc2c(=O)n1C1CCNC1. The second-order valence-corrected chi connectivity index (χ2v) is 4.88. The highest BCUT2D eigenvalue weighted by Gasteiger charge is 2.20. The van der Waals surface area contributed by atoms with E-state index < -0.39 is 0 Å². The Morgan fingerprint density at radius 1 is 1.33 bits per heavy atom. The van der Waals surface area contributed by atoms with Gasteiger partial charge in [0.15, 0.2) is 0 Å². The Kier molecular flexibility index (Phi) is 2.72. The molecular weight excluding hydrogens is 254 g/mol. The van der Waals surface area contributed by atoms with Crippen LogP contribution >= 0.6 is 11.6 Å². The number of nitrogens with one attached hydrogen (secondary N) is 2. The minimum atomic E-state index is -0.358. The first-order valence-electron chi connectivity index (χ1n) is 5.81. The van der Waals surface area contributed by atoms with Gasteiger partial charge in [0.1, 0.15) is 0 Å². The van der Waals surface area contributed by atoms with Gasteiger partial charge in [-0.15, -0.1) is 0 Å². The van der Waals surface area contributed by atoms with Crippen molar-refractivity contribution in [2.45, 2.75) is 12.5 Å². The highest BCUT2D eigenvalue weighted by atomic mass is 35.5. The van der Waals surface area contributed by atoms with Crippen LogP contribution in [0.2, 0.25) is 5.02 Å². The van der Waals surface area contributed by atoms with Crippen LogP contribution in [0.4, 0.5) is 0 Å². The van der Waals surface area contributed by atoms with Crippen molar-refractivity contribution in [2.24, 2.45) is 0 Å². The summed E-state index contributed by atoms with van der Waals surface area (Å²) in [6.45, 7) is 1.47. The summed E-state index contributed by atoms with van der Waals surface area (Å²) in [4.78, 5) is 27.0. The predicted octanol–water partition coefficient (Wildman–Crippen LogP) is 0.878. The van der Waals surface area contributed by atoms with E-state index in [0.717, 1.165) is 13.0 Å². The highest BCUT2D eigenvalue weighted by molar-refractivity contribution is 6.31. The molecule has 1 aliphatic heterocycles. The molecule has 18 heavy (non-hydrogen) atoms. The van der Waals surface area contributed by atoms with Crippen LogP contribution in [-0.2, 0) is 0 Å². The summed E-state index contributed by atoms with van der Waals surface area (Å²) in [7, 11) is 0. The van der Waals surface area contributed by atoms with Gasteiger partial charge >= 0.3 is 5.69 Å². The van der Waals surface area contributed by atoms with Crippen molar-refractivity contribution in [1.82, 2.24) is 14.9 Å². The van der Waals surface area contributed by atoms with E-state index >= 15 is 0 Å². The van der Waals surface area contributed by atoms with Crippen LogP contribution in [0.1, 0.15) is 12.5 Å². The van der Waals surface area contributed by atoms with Crippen LogP contribution in [0.3, 0.4) is 0 Å². The summed E-state index contributed by atoms with van der Waals surface area (Å²) in [6, 6.07) is 4.82. The number of aromatic amines is 1. The smallest absolute Gasteiger partial charge is 0.315 e. The molecule has 0 radical (unpaired) electrons. The molecule has 1 saturated heterocycles. The first-order chi connectivity index (χ1) is 8.66. The monoisotopic (exact) mass is 265 g/mol. The van der Waals surface area contributed by atoms with Crippen molar-refractivity contribution in [3.8, 4) is 0 Å². The average molecular weight is 266 g/mol. The Balaban J connectivity index is 2.32. The summed E-state index contributed by atoms with van der Waals surface area (Å²) in [5.41, 5.74) is -0.106. The molecule has 0 bridgehead atoms. The molecule has 1 aromatic heterocycles. The van der Waals surface area contributed by atoms with Crippen LogP contribution in [-0.4, -0.2) is 22.6 Å². The van der Waals surface area contributed by atoms with Crippen molar-refractivity contribution in [1.29, 1.82) is 0 Å². The van der Waals surface area contributed by atoms with Gasteiger partial charge in [-0.3, -0.25) is 9.36 Å². The van der Waals surface area contributed by atoms with E-state index in [4.69, 9.17) is 11.6 Å². The Bertz CT molecular complexity index is 713. The number of rotatable bonds is 1. The summed E-state index contributed by atoms with van der Waals surface area (Å²) >= 11 is 5.89. The lowest BCUT2D eigenvalue weighted by molar-refractivity contribution is 0.508. The third-order valence-corrected chi connectivity index (χ3v) is 3.53. The highest BCUT2D eigenvalue weighted by Crippen LogP contribution is 2.15. The number of hydrogen-bond donors (Lipinski definition) is 2. The van der Waals surface area contributed by atoms with Gasteiger partial charge in [-0.2, -0.15) is 0 Å². The van der Waals surface area contributed by atoms with Crippen molar-refractivity contribution < 1.29 is 0 Å². The molecular formula is C12H12ClN3O2. The molecule has 1 unspecified atom stereocenters. The van der Waals surface area contributed by atoms with Crippen LogP contribution in [0, 0.1) is 0 Å². The number of halogens is 1. The van der Waals surface area contributed by atoms with Gasteiger partial charge in [0, 0.05) is 11.6 Å². The Morgan fingerprint density at radius 2 is 2.17 bits per heavy atom. The van der Waals surface area contributed by atoms with Gasteiger partial charge < -0.3 is 10.3 Å². The minimum absolute atomic E-state index is 0.0790. The second-order valence-electron chi connectivity index (χ2n) is 4.44. The fourth-order valence-electron chi connectivity index (χ4n) is 2.39. The van der Waals surface area contributed by atoms with Gasteiger partial charge in [0.2, 0.25) is 0 Å². The van der Waals surface area contributed by atoms with Crippen molar-refractivity contribution in [2.75, 3.05) is 13.1 Å². The molecule has 1 aliphatic rings. The maximum Gasteiger partial charge on any atom is 0.329 e. The summed E-state index contributed by atoms with van der Waals surface area (Å²) in [5, 5.41) is 4.09. The fraction of sp³-hybridized carbons (Fsp3) is 0.333. The topological polar surface area (TPSA) is 66.9 Å². The molecule has 1 atom stereocenters. The van der Waals surface area contributed by atoms with E-state index in [1.807, 2.05) is 0 Å². The quantitative estimate of drug-likeness (QED) is 0.804.